The molecule has 2 bridgehead atoms. The van der Waals surface area contributed by atoms with Crippen LogP contribution < -0.4 is 0 Å². The first-order valence-corrected chi connectivity index (χ1v) is 14.8. The van der Waals surface area contributed by atoms with Crippen LogP contribution in [0.25, 0.3) is 21.5 Å². The Balaban J connectivity index is 1.13. The molecule has 2 aromatic heterocycles. The third-order valence-electron chi connectivity index (χ3n) is 8.61. The fourth-order valence-electron chi connectivity index (χ4n) is 6.48. The Kier molecular flexibility index (Phi) is 6.30. The van der Waals surface area contributed by atoms with Crippen molar-refractivity contribution in [3.63, 3.8) is 0 Å². The van der Waals surface area contributed by atoms with Crippen LogP contribution in [0, 0.1) is 11.8 Å². The van der Waals surface area contributed by atoms with Crippen LogP contribution in [-0.2, 0) is 23.6 Å². The second-order valence-corrected chi connectivity index (χ2v) is 12.8. The lowest BCUT2D eigenvalue weighted by atomic mass is 9.73. The molecule has 0 radical (unpaired) electrons. The Morgan fingerprint density at radius 2 is 1.79 bits per heavy atom. The van der Waals surface area contributed by atoms with E-state index in [1.807, 2.05) is 36.4 Å². The minimum atomic E-state index is -0.935. The second kappa shape index (κ2) is 9.58. The minimum Gasteiger partial charge on any atom is -0.392 e. The van der Waals surface area contributed by atoms with Gasteiger partial charge in [-0.2, -0.15) is 0 Å². The van der Waals surface area contributed by atoms with E-state index in [9.17, 15) is 10.2 Å². The van der Waals surface area contributed by atoms with E-state index in [-0.39, 0.29) is 24.5 Å². The number of ether oxygens (including phenoxy) is 1. The van der Waals surface area contributed by atoms with Crippen molar-refractivity contribution in [3.8, 4) is 11.3 Å². The van der Waals surface area contributed by atoms with Crippen LogP contribution in [0.4, 0.5) is 0 Å². The highest BCUT2D eigenvalue weighted by molar-refractivity contribution is 7.18. The SMILES string of the molecule is OCc1ccc2nc(C3(O)C4CCC3CC(OCc3c(-c5c(Cl)cccc5Cl)noc3C3CC3)C4)sc2c1. The van der Waals surface area contributed by atoms with Gasteiger partial charge in [-0.15, -0.1) is 11.3 Å². The number of halogens is 2. The normalized spacial score (nSPS) is 26.9. The van der Waals surface area contributed by atoms with Crippen LogP contribution in [0.2, 0.25) is 10.0 Å². The molecular formula is C29H28Cl2N2O4S. The largest absolute Gasteiger partial charge is 0.392 e. The van der Waals surface area contributed by atoms with Crippen molar-refractivity contribution in [1.82, 2.24) is 10.1 Å². The van der Waals surface area contributed by atoms with E-state index in [2.05, 4.69) is 5.16 Å². The molecule has 3 saturated carbocycles. The molecule has 3 aliphatic rings. The number of rotatable bonds is 7. The van der Waals surface area contributed by atoms with Crippen LogP contribution in [0.3, 0.4) is 0 Å². The zero-order chi connectivity index (χ0) is 26.0. The lowest BCUT2D eigenvalue weighted by Gasteiger charge is -2.41. The molecule has 0 spiro atoms. The van der Waals surface area contributed by atoms with Crippen LogP contribution in [-0.4, -0.2) is 26.5 Å². The van der Waals surface area contributed by atoms with Crippen molar-refractivity contribution in [2.75, 3.05) is 0 Å². The average Bonchev–Trinajstić information content (AvgIpc) is 3.50. The van der Waals surface area contributed by atoms with E-state index >= 15 is 0 Å². The van der Waals surface area contributed by atoms with Gasteiger partial charge in [0.1, 0.15) is 22.1 Å². The average molecular weight is 572 g/mol. The number of aliphatic hydroxyl groups is 2. The van der Waals surface area contributed by atoms with Gasteiger partial charge < -0.3 is 19.5 Å². The number of benzene rings is 2. The number of hydrogen-bond donors (Lipinski definition) is 2. The highest BCUT2D eigenvalue weighted by Gasteiger charge is 2.56. The smallest absolute Gasteiger partial charge is 0.145 e. The summed E-state index contributed by atoms with van der Waals surface area (Å²) < 4.78 is 13.4. The summed E-state index contributed by atoms with van der Waals surface area (Å²) in [5.74, 6) is 1.43. The molecule has 3 aliphatic carbocycles. The number of fused-ring (bicyclic) bond motifs is 3. The van der Waals surface area contributed by atoms with Crippen molar-refractivity contribution in [3.05, 3.63) is 68.3 Å². The molecule has 3 fully saturated rings. The fourth-order valence-corrected chi connectivity index (χ4v) is 8.33. The van der Waals surface area contributed by atoms with Crippen molar-refractivity contribution in [2.24, 2.45) is 11.8 Å². The molecular weight excluding hydrogens is 543 g/mol. The predicted octanol–water partition coefficient (Wildman–Crippen LogP) is 7.22. The van der Waals surface area contributed by atoms with Gasteiger partial charge in [0.2, 0.25) is 0 Å². The summed E-state index contributed by atoms with van der Waals surface area (Å²) in [5, 5.41) is 27.8. The fraction of sp³-hybridized carbons (Fsp3) is 0.448. The Hall–Kier alpha value is -2.00. The summed E-state index contributed by atoms with van der Waals surface area (Å²) in [4.78, 5) is 4.84. The third-order valence-corrected chi connectivity index (χ3v) is 10.4. The monoisotopic (exact) mass is 570 g/mol. The van der Waals surface area contributed by atoms with Crippen molar-refractivity contribution in [1.29, 1.82) is 0 Å². The van der Waals surface area contributed by atoms with E-state index < -0.39 is 5.60 Å². The molecule has 38 heavy (non-hydrogen) atoms. The van der Waals surface area contributed by atoms with Gasteiger partial charge in [0.15, 0.2) is 0 Å². The van der Waals surface area contributed by atoms with Crippen LogP contribution in [0.5, 0.6) is 0 Å². The summed E-state index contributed by atoms with van der Waals surface area (Å²) in [7, 11) is 0. The molecule has 6 nitrogen and oxygen atoms in total. The van der Waals surface area contributed by atoms with Gasteiger partial charge in [0.25, 0.3) is 0 Å². The molecule has 2 aromatic carbocycles. The summed E-state index contributed by atoms with van der Waals surface area (Å²) >= 11 is 14.6. The van der Waals surface area contributed by atoms with Gasteiger partial charge >= 0.3 is 0 Å². The summed E-state index contributed by atoms with van der Waals surface area (Å²) in [6.45, 7) is 0.372. The maximum Gasteiger partial charge on any atom is 0.145 e. The zero-order valence-electron chi connectivity index (χ0n) is 20.7. The highest BCUT2D eigenvalue weighted by atomic mass is 35.5. The van der Waals surface area contributed by atoms with E-state index in [0.29, 0.717) is 33.8 Å². The van der Waals surface area contributed by atoms with Gasteiger partial charge in [0.05, 0.1) is 39.6 Å². The molecule has 2 atom stereocenters. The Labute approximate surface area is 234 Å². The molecule has 2 heterocycles. The van der Waals surface area contributed by atoms with E-state index in [1.165, 1.54) is 0 Å². The second-order valence-electron chi connectivity index (χ2n) is 10.9. The molecule has 2 N–H and O–H groups in total. The van der Waals surface area contributed by atoms with Crippen molar-refractivity contribution >= 4 is 44.8 Å². The number of thiazole rings is 1. The molecule has 0 saturated heterocycles. The Bertz CT molecular complexity index is 1480. The number of hydrogen-bond acceptors (Lipinski definition) is 7. The minimum absolute atomic E-state index is 0.00322. The molecule has 0 aliphatic heterocycles. The number of aromatic nitrogens is 2. The first-order valence-electron chi connectivity index (χ1n) is 13.2. The quantitative estimate of drug-likeness (QED) is 0.244. The summed E-state index contributed by atoms with van der Waals surface area (Å²) in [5.41, 5.74) is 3.07. The first kappa shape index (κ1) is 25.0. The predicted molar refractivity (Wildman–Crippen MR) is 147 cm³/mol. The van der Waals surface area contributed by atoms with Gasteiger partial charge in [0, 0.05) is 17.0 Å². The lowest BCUT2D eigenvalue weighted by molar-refractivity contribution is -0.116. The van der Waals surface area contributed by atoms with Gasteiger partial charge in [-0.25, -0.2) is 4.98 Å². The number of aliphatic hydroxyl groups excluding tert-OH is 1. The summed E-state index contributed by atoms with van der Waals surface area (Å²) in [6, 6.07) is 11.2. The van der Waals surface area contributed by atoms with E-state index in [4.69, 9.17) is 37.4 Å². The van der Waals surface area contributed by atoms with Crippen molar-refractivity contribution < 1.29 is 19.5 Å². The van der Waals surface area contributed by atoms with Crippen LogP contribution in [0.1, 0.15) is 66.3 Å². The molecule has 198 valence electrons. The zero-order valence-corrected chi connectivity index (χ0v) is 23.0. The standard InChI is InChI=1S/C29H28Cl2N2O4S/c30-21-2-1-3-22(31)25(21)26-20(27(37-33-26)16-5-6-16)14-36-19-11-17-7-8-18(12-19)29(17,35)28-32-23-9-4-15(13-34)10-24(23)38-28/h1-4,9-10,16-19,34-35H,5-8,11-14H2. The first-order chi connectivity index (χ1) is 18.5. The molecule has 9 heteroatoms. The van der Waals surface area contributed by atoms with E-state index in [1.54, 1.807) is 11.3 Å². The Morgan fingerprint density at radius 1 is 1.05 bits per heavy atom. The highest BCUT2D eigenvalue weighted by Crippen LogP contribution is 2.57. The van der Waals surface area contributed by atoms with Crippen molar-refractivity contribution in [2.45, 2.75) is 69.4 Å². The maximum absolute atomic E-state index is 12.0. The molecule has 2 unspecified atom stereocenters. The van der Waals surface area contributed by atoms with E-state index in [0.717, 1.165) is 70.6 Å². The number of nitrogens with zero attached hydrogens (tertiary/aromatic N) is 2. The van der Waals surface area contributed by atoms with Crippen LogP contribution in [0.15, 0.2) is 40.9 Å². The molecule has 7 rings (SSSR count). The molecule has 4 aromatic rings. The van der Waals surface area contributed by atoms with Gasteiger partial charge in [-0.05, 0) is 80.2 Å². The lowest BCUT2D eigenvalue weighted by Crippen LogP contribution is -2.44. The third kappa shape index (κ3) is 4.10. The van der Waals surface area contributed by atoms with Gasteiger partial charge in [-0.3, -0.25) is 0 Å². The molecule has 0 amide bonds. The maximum atomic E-state index is 12.0. The Morgan fingerprint density at radius 3 is 2.47 bits per heavy atom. The topological polar surface area (TPSA) is 88.6 Å². The summed E-state index contributed by atoms with van der Waals surface area (Å²) in [6.07, 6.45) is 5.66. The van der Waals surface area contributed by atoms with Gasteiger partial charge in [-0.1, -0.05) is 40.5 Å². The van der Waals surface area contributed by atoms with Crippen LogP contribution >= 0.6 is 34.5 Å².